The van der Waals surface area contributed by atoms with Crippen LogP contribution < -0.4 is 5.32 Å². The van der Waals surface area contributed by atoms with Gasteiger partial charge in [-0.05, 0) is 32.9 Å². The molecule has 0 fully saturated rings. The van der Waals surface area contributed by atoms with E-state index in [0.717, 1.165) is 12.0 Å². The van der Waals surface area contributed by atoms with Crippen LogP contribution in [0.2, 0.25) is 0 Å². The highest BCUT2D eigenvalue weighted by molar-refractivity contribution is 6.06. The predicted molar refractivity (Wildman–Crippen MR) is 92.8 cm³/mol. The molecule has 1 aromatic carbocycles. The fourth-order valence-electron chi connectivity index (χ4n) is 2.43. The Morgan fingerprint density at radius 3 is 2.16 bits per heavy atom. The lowest BCUT2D eigenvalue weighted by Gasteiger charge is -2.32. The number of ether oxygens (including phenoxy) is 2. The third-order valence-electron chi connectivity index (χ3n) is 3.69. The average molecular weight is 350 g/mol. The van der Waals surface area contributed by atoms with E-state index >= 15 is 0 Å². The summed E-state index contributed by atoms with van der Waals surface area (Å²) >= 11 is 0. The van der Waals surface area contributed by atoms with Crippen LogP contribution >= 0.6 is 0 Å². The van der Waals surface area contributed by atoms with Crippen LogP contribution in [0.5, 0.6) is 0 Å². The molecule has 0 aliphatic rings. The molecule has 7 nitrogen and oxygen atoms in total. The van der Waals surface area contributed by atoms with Crippen molar-refractivity contribution >= 4 is 18.3 Å². The molecule has 0 saturated carbocycles. The van der Waals surface area contributed by atoms with Crippen LogP contribution in [-0.4, -0.2) is 62.1 Å². The van der Waals surface area contributed by atoms with E-state index in [2.05, 4.69) is 5.32 Å². The molecule has 0 unspecified atom stereocenters. The molecular weight excluding hydrogens is 324 g/mol. The maximum atomic E-state index is 12.4. The molecule has 0 radical (unpaired) electrons. The van der Waals surface area contributed by atoms with Crippen LogP contribution in [0.4, 0.5) is 0 Å². The van der Waals surface area contributed by atoms with Crippen molar-refractivity contribution < 1.29 is 23.9 Å². The van der Waals surface area contributed by atoms with Crippen molar-refractivity contribution in [3.63, 3.8) is 0 Å². The van der Waals surface area contributed by atoms with E-state index in [1.54, 1.807) is 25.8 Å². The summed E-state index contributed by atoms with van der Waals surface area (Å²) in [6.45, 7) is 3.99. The summed E-state index contributed by atoms with van der Waals surface area (Å²) in [5.74, 6) is -1.65. The second-order valence-electron chi connectivity index (χ2n) is 5.58. The van der Waals surface area contributed by atoms with Crippen molar-refractivity contribution in [1.82, 2.24) is 10.2 Å². The van der Waals surface area contributed by atoms with E-state index in [4.69, 9.17) is 9.47 Å². The van der Waals surface area contributed by atoms with Crippen molar-refractivity contribution in [2.45, 2.75) is 25.8 Å². The van der Waals surface area contributed by atoms with Gasteiger partial charge in [-0.25, -0.2) is 9.59 Å². The molecular formula is C18H26N2O5. The number of rotatable bonds is 11. The first-order valence-corrected chi connectivity index (χ1v) is 8.28. The van der Waals surface area contributed by atoms with Gasteiger partial charge in [-0.15, -0.1) is 0 Å². The number of likely N-dealkylation sites (N-methyl/N-ethyl adjacent to an activating group) is 1. The quantitative estimate of drug-likeness (QED) is 0.360. The molecule has 1 N–H and O–H groups in total. The second kappa shape index (κ2) is 10.5. The van der Waals surface area contributed by atoms with E-state index in [1.807, 2.05) is 30.3 Å². The van der Waals surface area contributed by atoms with Gasteiger partial charge in [0.05, 0.1) is 13.2 Å². The van der Waals surface area contributed by atoms with E-state index in [1.165, 1.54) is 0 Å². The standard InChI is InChI=1S/C18H26N2O5/c1-4-24-16(22)18(19-14-21,17(23)25-5-2)13-20(3)12-11-15-9-7-6-8-10-15/h6-10,14H,4-5,11-13H2,1-3H3,(H,19,21). The SMILES string of the molecule is CCOC(=O)C(CN(C)CCc1ccccc1)(NC=O)C(=O)OCC. The molecule has 0 bridgehead atoms. The topological polar surface area (TPSA) is 84.9 Å². The Kier molecular flexibility index (Phi) is 8.63. The summed E-state index contributed by atoms with van der Waals surface area (Å²) in [4.78, 5) is 37.7. The molecule has 0 atom stereocenters. The highest BCUT2D eigenvalue weighted by atomic mass is 16.6. The number of nitrogens with one attached hydrogen (secondary N) is 1. The van der Waals surface area contributed by atoms with Gasteiger partial charge in [0.1, 0.15) is 0 Å². The molecule has 0 heterocycles. The lowest BCUT2D eigenvalue weighted by Crippen LogP contribution is -2.64. The lowest BCUT2D eigenvalue weighted by molar-refractivity contribution is -0.168. The van der Waals surface area contributed by atoms with Gasteiger partial charge < -0.3 is 19.7 Å². The summed E-state index contributed by atoms with van der Waals surface area (Å²) in [6, 6.07) is 9.84. The van der Waals surface area contributed by atoms with Crippen molar-refractivity contribution in [1.29, 1.82) is 0 Å². The van der Waals surface area contributed by atoms with Crippen LogP contribution in [-0.2, 0) is 30.3 Å². The van der Waals surface area contributed by atoms with Gasteiger partial charge in [0.25, 0.3) is 0 Å². The third-order valence-corrected chi connectivity index (χ3v) is 3.69. The Labute approximate surface area is 148 Å². The predicted octanol–water partition coefficient (Wildman–Crippen LogP) is 0.772. The lowest BCUT2D eigenvalue weighted by atomic mass is 9.98. The van der Waals surface area contributed by atoms with Crippen LogP contribution in [0.25, 0.3) is 0 Å². The van der Waals surface area contributed by atoms with Gasteiger partial charge >= 0.3 is 11.9 Å². The van der Waals surface area contributed by atoms with E-state index < -0.39 is 17.5 Å². The van der Waals surface area contributed by atoms with Gasteiger partial charge in [-0.3, -0.25) is 4.79 Å². The van der Waals surface area contributed by atoms with Gasteiger partial charge in [0.15, 0.2) is 0 Å². The Bertz CT molecular complexity index is 544. The second-order valence-corrected chi connectivity index (χ2v) is 5.58. The van der Waals surface area contributed by atoms with Crippen LogP contribution in [0.3, 0.4) is 0 Å². The smallest absolute Gasteiger partial charge is 0.345 e. The molecule has 1 amide bonds. The fourth-order valence-corrected chi connectivity index (χ4v) is 2.43. The van der Waals surface area contributed by atoms with Crippen molar-refractivity contribution in [3.05, 3.63) is 35.9 Å². The highest BCUT2D eigenvalue weighted by Crippen LogP contribution is 2.13. The van der Waals surface area contributed by atoms with Crippen LogP contribution in [0.15, 0.2) is 30.3 Å². The first kappa shape index (κ1) is 20.6. The Hall–Kier alpha value is -2.41. The van der Waals surface area contributed by atoms with Crippen molar-refractivity contribution in [2.75, 3.05) is 33.4 Å². The normalized spacial score (nSPS) is 11.0. The number of hydrogen-bond donors (Lipinski definition) is 1. The maximum Gasteiger partial charge on any atom is 0.345 e. The molecule has 138 valence electrons. The summed E-state index contributed by atoms with van der Waals surface area (Å²) in [7, 11) is 1.77. The first-order valence-electron chi connectivity index (χ1n) is 8.28. The summed E-state index contributed by atoms with van der Waals surface area (Å²) < 4.78 is 10.0. The zero-order valence-corrected chi connectivity index (χ0v) is 15.0. The number of amides is 1. The summed E-state index contributed by atoms with van der Waals surface area (Å²) in [5, 5.41) is 2.32. The molecule has 0 aromatic heterocycles. The minimum absolute atomic E-state index is 0.0454. The molecule has 0 aliphatic heterocycles. The number of carbonyl (C=O) groups excluding carboxylic acids is 3. The molecule has 1 aromatic rings. The number of benzene rings is 1. The molecule has 7 heteroatoms. The average Bonchev–Trinajstić information content (AvgIpc) is 2.60. The molecule has 25 heavy (non-hydrogen) atoms. The Morgan fingerprint density at radius 2 is 1.68 bits per heavy atom. The molecule has 0 spiro atoms. The van der Waals surface area contributed by atoms with Gasteiger partial charge in [0, 0.05) is 13.1 Å². The van der Waals surface area contributed by atoms with Gasteiger partial charge in [-0.2, -0.15) is 0 Å². The van der Waals surface area contributed by atoms with E-state index in [9.17, 15) is 14.4 Å². The number of hydrogen-bond acceptors (Lipinski definition) is 6. The molecule has 0 saturated heterocycles. The third kappa shape index (κ3) is 5.86. The number of esters is 2. The van der Waals surface area contributed by atoms with Crippen molar-refractivity contribution in [3.8, 4) is 0 Å². The maximum absolute atomic E-state index is 12.4. The van der Waals surface area contributed by atoms with E-state index in [0.29, 0.717) is 13.0 Å². The van der Waals surface area contributed by atoms with Gasteiger partial charge in [-0.1, -0.05) is 30.3 Å². The zero-order valence-electron chi connectivity index (χ0n) is 15.0. The van der Waals surface area contributed by atoms with Crippen molar-refractivity contribution in [2.24, 2.45) is 0 Å². The minimum atomic E-state index is -1.88. The van der Waals surface area contributed by atoms with Crippen LogP contribution in [0.1, 0.15) is 19.4 Å². The molecule has 1 rings (SSSR count). The minimum Gasteiger partial charge on any atom is -0.464 e. The first-order chi connectivity index (χ1) is 12.0. The number of carbonyl (C=O) groups is 3. The monoisotopic (exact) mass is 350 g/mol. The Balaban J connectivity index is 2.90. The summed E-state index contributed by atoms with van der Waals surface area (Å²) in [5.41, 5.74) is -0.741. The fraction of sp³-hybridized carbons (Fsp3) is 0.500. The Morgan fingerprint density at radius 1 is 1.12 bits per heavy atom. The molecule has 0 aliphatic carbocycles. The van der Waals surface area contributed by atoms with Gasteiger partial charge in [0.2, 0.25) is 11.9 Å². The number of nitrogens with zero attached hydrogens (tertiary/aromatic N) is 1. The highest BCUT2D eigenvalue weighted by Gasteiger charge is 2.49. The van der Waals surface area contributed by atoms with Crippen LogP contribution in [0, 0.1) is 0 Å². The zero-order chi connectivity index (χ0) is 18.7. The van der Waals surface area contributed by atoms with E-state index in [-0.39, 0.29) is 19.8 Å². The largest absolute Gasteiger partial charge is 0.464 e. The summed E-state index contributed by atoms with van der Waals surface area (Å²) in [6.07, 6.45) is 1.05.